The standard InChI is InChI=1S/C17H26ClN3O3S/c1-4-12-8-9-15(18)14(5-2)16(12)20-17(22)19-13-7-6-10-21(11-13)25(3,23)24/h8-9,13H,4-7,10-11H2,1-3H3,(H2,19,20,22)/t13-/m0/s1. The van der Waals surface area contributed by atoms with Gasteiger partial charge in [-0.1, -0.05) is 31.5 Å². The van der Waals surface area contributed by atoms with E-state index in [0.717, 1.165) is 36.1 Å². The van der Waals surface area contributed by atoms with Crippen molar-refractivity contribution in [3.05, 3.63) is 28.3 Å². The van der Waals surface area contributed by atoms with Gasteiger partial charge >= 0.3 is 6.03 Å². The molecule has 8 heteroatoms. The summed E-state index contributed by atoms with van der Waals surface area (Å²) in [6, 6.07) is 3.25. The number of carbonyl (C=O) groups is 1. The molecule has 0 bridgehead atoms. The van der Waals surface area contributed by atoms with E-state index in [0.29, 0.717) is 24.5 Å². The van der Waals surface area contributed by atoms with Crippen molar-refractivity contribution in [1.29, 1.82) is 0 Å². The molecule has 1 fully saturated rings. The van der Waals surface area contributed by atoms with Gasteiger partial charge in [0.1, 0.15) is 0 Å². The second-order valence-electron chi connectivity index (χ2n) is 6.33. The van der Waals surface area contributed by atoms with Crippen LogP contribution in [0, 0.1) is 0 Å². The van der Waals surface area contributed by atoms with Crippen LogP contribution in [0.2, 0.25) is 5.02 Å². The number of rotatable bonds is 5. The molecule has 1 aliphatic rings. The Kier molecular flexibility index (Phi) is 6.71. The number of hydrogen-bond acceptors (Lipinski definition) is 3. The molecule has 6 nitrogen and oxygen atoms in total. The van der Waals surface area contributed by atoms with E-state index in [1.54, 1.807) is 0 Å². The molecule has 25 heavy (non-hydrogen) atoms. The number of halogens is 1. The lowest BCUT2D eigenvalue weighted by molar-refractivity contribution is 0.236. The molecule has 1 aromatic carbocycles. The average molecular weight is 388 g/mol. The number of sulfonamides is 1. The maximum atomic E-state index is 12.5. The number of nitrogens with zero attached hydrogens (tertiary/aromatic N) is 1. The molecule has 1 saturated heterocycles. The van der Waals surface area contributed by atoms with E-state index in [4.69, 9.17) is 11.6 Å². The fourth-order valence-corrected chi connectivity index (χ4v) is 4.37. The highest BCUT2D eigenvalue weighted by molar-refractivity contribution is 7.88. The lowest BCUT2D eigenvalue weighted by Crippen LogP contribution is -2.50. The highest BCUT2D eigenvalue weighted by Gasteiger charge is 2.27. The summed E-state index contributed by atoms with van der Waals surface area (Å²) >= 11 is 6.26. The zero-order chi connectivity index (χ0) is 18.6. The van der Waals surface area contributed by atoms with E-state index >= 15 is 0 Å². The van der Waals surface area contributed by atoms with Gasteiger partial charge in [-0.05, 0) is 42.9 Å². The topological polar surface area (TPSA) is 78.5 Å². The average Bonchev–Trinajstić information content (AvgIpc) is 2.55. The molecule has 1 aromatic rings. The van der Waals surface area contributed by atoms with Crippen LogP contribution in [0.1, 0.15) is 37.8 Å². The Labute approximate surface area is 155 Å². The first-order valence-corrected chi connectivity index (χ1v) is 10.8. The molecule has 2 rings (SSSR count). The number of amides is 2. The Morgan fingerprint density at radius 2 is 2.04 bits per heavy atom. The Bertz CT molecular complexity index is 737. The molecule has 0 unspecified atom stereocenters. The van der Waals surface area contributed by atoms with Gasteiger partial charge in [-0.15, -0.1) is 0 Å². The molecule has 0 aliphatic carbocycles. The minimum absolute atomic E-state index is 0.196. The smallest absolute Gasteiger partial charge is 0.319 e. The van der Waals surface area contributed by atoms with E-state index in [-0.39, 0.29) is 12.1 Å². The Balaban J connectivity index is 2.09. The highest BCUT2D eigenvalue weighted by Crippen LogP contribution is 2.29. The van der Waals surface area contributed by atoms with Crippen LogP contribution in [0.3, 0.4) is 0 Å². The van der Waals surface area contributed by atoms with Crippen LogP contribution >= 0.6 is 11.6 Å². The molecule has 2 N–H and O–H groups in total. The van der Waals surface area contributed by atoms with Crippen LogP contribution in [0.4, 0.5) is 10.5 Å². The summed E-state index contributed by atoms with van der Waals surface area (Å²) in [4.78, 5) is 12.5. The third-order valence-corrected chi connectivity index (χ3v) is 6.13. The van der Waals surface area contributed by atoms with Crippen LogP contribution in [-0.2, 0) is 22.9 Å². The molecule has 1 atom stereocenters. The van der Waals surface area contributed by atoms with Crippen LogP contribution in [0.25, 0.3) is 0 Å². The quantitative estimate of drug-likeness (QED) is 0.815. The number of anilines is 1. The van der Waals surface area contributed by atoms with E-state index < -0.39 is 10.0 Å². The molecular weight excluding hydrogens is 362 g/mol. The van der Waals surface area contributed by atoms with E-state index in [9.17, 15) is 13.2 Å². The molecule has 2 amide bonds. The first-order valence-electron chi connectivity index (χ1n) is 8.59. The van der Waals surface area contributed by atoms with Gasteiger partial charge in [-0.3, -0.25) is 0 Å². The lowest BCUT2D eigenvalue weighted by Gasteiger charge is -2.31. The van der Waals surface area contributed by atoms with Crippen molar-refractivity contribution in [3.8, 4) is 0 Å². The number of carbonyl (C=O) groups excluding carboxylic acids is 1. The van der Waals surface area contributed by atoms with Crippen molar-refractivity contribution in [2.75, 3.05) is 24.7 Å². The molecule has 0 radical (unpaired) electrons. The number of nitrogens with one attached hydrogen (secondary N) is 2. The summed E-state index contributed by atoms with van der Waals surface area (Å²) < 4.78 is 24.8. The summed E-state index contributed by atoms with van der Waals surface area (Å²) in [5.74, 6) is 0. The molecule has 140 valence electrons. The van der Waals surface area contributed by atoms with Gasteiger partial charge in [0, 0.05) is 24.2 Å². The fourth-order valence-electron chi connectivity index (χ4n) is 3.16. The zero-order valence-electron chi connectivity index (χ0n) is 14.9. The van der Waals surface area contributed by atoms with Gasteiger partial charge in [0.25, 0.3) is 0 Å². The van der Waals surface area contributed by atoms with Crippen molar-refractivity contribution in [2.45, 2.75) is 45.6 Å². The van der Waals surface area contributed by atoms with Crippen LogP contribution in [0.15, 0.2) is 12.1 Å². The van der Waals surface area contributed by atoms with E-state index in [1.165, 1.54) is 10.6 Å². The number of urea groups is 1. The van der Waals surface area contributed by atoms with E-state index in [1.807, 2.05) is 26.0 Å². The lowest BCUT2D eigenvalue weighted by atomic mass is 10.0. The van der Waals surface area contributed by atoms with Crippen molar-refractivity contribution >= 4 is 33.3 Å². The highest BCUT2D eigenvalue weighted by atomic mass is 35.5. The van der Waals surface area contributed by atoms with Crippen LogP contribution in [-0.4, -0.2) is 44.1 Å². The van der Waals surface area contributed by atoms with E-state index in [2.05, 4.69) is 10.6 Å². The predicted molar refractivity (Wildman–Crippen MR) is 102 cm³/mol. The van der Waals surface area contributed by atoms with Crippen molar-refractivity contribution in [3.63, 3.8) is 0 Å². The van der Waals surface area contributed by atoms with Gasteiger partial charge in [-0.25, -0.2) is 17.5 Å². The number of benzene rings is 1. The maximum absolute atomic E-state index is 12.5. The zero-order valence-corrected chi connectivity index (χ0v) is 16.5. The Morgan fingerprint density at radius 3 is 2.64 bits per heavy atom. The molecule has 0 aromatic heterocycles. The summed E-state index contributed by atoms with van der Waals surface area (Å²) in [7, 11) is -3.24. The maximum Gasteiger partial charge on any atom is 0.319 e. The summed E-state index contributed by atoms with van der Waals surface area (Å²) in [5.41, 5.74) is 2.70. The van der Waals surface area contributed by atoms with Crippen molar-refractivity contribution < 1.29 is 13.2 Å². The van der Waals surface area contributed by atoms with Crippen molar-refractivity contribution in [1.82, 2.24) is 9.62 Å². The largest absolute Gasteiger partial charge is 0.334 e. The molecule has 0 saturated carbocycles. The second-order valence-corrected chi connectivity index (χ2v) is 8.72. The van der Waals surface area contributed by atoms with Gasteiger partial charge < -0.3 is 10.6 Å². The Hall–Kier alpha value is -1.31. The minimum atomic E-state index is -3.24. The number of piperidine rings is 1. The SMILES string of the molecule is CCc1ccc(Cl)c(CC)c1NC(=O)N[C@H]1CCCN(S(C)(=O)=O)C1. The normalized spacial score (nSPS) is 18.8. The summed E-state index contributed by atoms with van der Waals surface area (Å²) in [5, 5.41) is 6.45. The van der Waals surface area contributed by atoms with Gasteiger partial charge in [0.05, 0.1) is 11.9 Å². The Morgan fingerprint density at radius 1 is 1.32 bits per heavy atom. The third-order valence-electron chi connectivity index (χ3n) is 4.50. The van der Waals surface area contributed by atoms with Crippen LogP contribution in [0.5, 0.6) is 0 Å². The third kappa shape index (κ3) is 5.09. The summed E-state index contributed by atoms with van der Waals surface area (Å²) in [6.45, 7) is 4.84. The number of hydrogen-bond donors (Lipinski definition) is 2. The predicted octanol–water partition coefficient (Wildman–Crippen LogP) is 3.01. The summed E-state index contributed by atoms with van der Waals surface area (Å²) in [6.07, 6.45) is 4.19. The van der Waals surface area contributed by atoms with Gasteiger partial charge in [0.15, 0.2) is 0 Å². The van der Waals surface area contributed by atoms with Crippen molar-refractivity contribution in [2.24, 2.45) is 0 Å². The number of aryl methyl sites for hydroxylation is 1. The second kappa shape index (κ2) is 8.38. The minimum Gasteiger partial charge on any atom is -0.334 e. The van der Waals surface area contributed by atoms with Gasteiger partial charge in [0.2, 0.25) is 10.0 Å². The van der Waals surface area contributed by atoms with Gasteiger partial charge in [-0.2, -0.15) is 0 Å². The first-order chi connectivity index (χ1) is 11.8. The molecular formula is C17H26ClN3O3S. The first kappa shape index (κ1) is 20.0. The fraction of sp³-hybridized carbons (Fsp3) is 0.588. The molecule has 0 spiro atoms. The van der Waals surface area contributed by atoms with Crippen LogP contribution < -0.4 is 10.6 Å². The monoisotopic (exact) mass is 387 g/mol. The molecule has 1 aliphatic heterocycles. The molecule has 1 heterocycles.